The molecule has 25 heavy (non-hydrogen) atoms. The lowest BCUT2D eigenvalue weighted by atomic mass is 10.1. The fraction of sp³-hybridized carbons (Fsp3) is 0.316. The molecule has 1 saturated heterocycles. The third kappa shape index (κ3) is 3.39. The number of aryl methyl sites for hydroxylation is 1. The summed E-state index contributed by atoms with van der Waals surface area (Å²) in [6.07, 6.45) is 3.70. The molecule has 3 aromatic rings. The first-order chi connectivity index (χ1) is 12.2. The van der Waals surface area contributed by atoms with Crippen LogP contribution in [-0.2, 0) is 0 Å². The third-order valence-electron chi connectivity index (χ3n) is 4.64. The van der Waals surface area contributed by atoms with Gasteiger partial charge in [-0.3, -0.25) is 0 Å². The van der Waals surface area contributed by atoms with E-state index < -0.39 is 0 Å². The first-order valence-electron chi connectivity index (χ1n) is 8.58. The summed E-state index contributed by atoms with van der Waals surface area (Å²) in [5.41, 5.74) is 3.01. The molecular weight excluding hydrogens is 312 g/mol. The number of nitrogens with zero attached hydrogens (tertiary/aromatic N) is 5. The van der Waals surface area contributed by atoms with E-state index in [-0.39, 0.29) is 0 Å². The number of hydrogen-bond acceptors (Lipinski definition) is 6. The second kappa shape index (κ2) is 6.64. The van der Waals surface area contributed by atoms with E-state index in [0.717, 1.165) is 54.2 Å². The summed E-state index contributed by atoms with van der Waals surface area (Å²) in [5, 5.41) is 4.30. The summed E-state index contributed by atoms with van der Waals surface area (Å²) in [6.45, 7) is 6.25. The minimum Gasteiger partial charge on any atom is -0.354 e. The molecule has 6 nitrogen and oxygen atoms in total. The molecule has 1 aliphatic heterocycles. The number of rotatable bonds is 3. The molecule has 0 radical (unpaired) electrons. The van der Waals surface area contributed by atoms with Gasteiger partial charge in [0.05, 0.1) is 17.4 Å². The molecule has 2 aromatic heterocycles. The van der Waals surface area contributed by atoms with E-state index in [1.165, 1.54) is 0 Å². The molecule has 0 aliphatic carbocycles. The minimum atomic E-state index is 0.593. The maximum absolute atomic E-state index is 4.62. The Morgan fingerprint density at radius 2 is 1.80 bits per heavy atom. The lowest BCUT2D eigenvalue weighted by Crippen LogP contribution is -2.44. The van der Waals surface area contributed by atoms with Crippen LogP contribution < -0.4 is 10.2 Å². The van der Waals surface area contributed by atoms with Crippen LogP contribution in [0.2, 0.25) is 0 Å². The Bertz CT molecular complexity index is 869. The van der Waals surface area contributed by atoms with Gasteiger partial charge in [-0.1, -0.05) is 18.2 Å². The van der Waals surface area contributed by atoms with Gasteiger partial charge >= 0.3 is 0 Å². The van der Waals surface area contributed by atoms with Crippen LogP contribution in [0.5, 0.6) is 0 Å². The normalized spacial score (nSPS) is 15.5. The van der Waals surface area contributed by atoms with Crippen LogP contribution in [0.3, 0.4) is 0 Å². The van der Waals surface area contributed by atoms with E-state index in [1.807, 2.05) is 30.6 Å². The number of likely N-dealkylation sites (N-methyl/N-ethyl adjacent to an activating group) is 1. The fourth-order valence-corrected chi connectivity index (χ4v) is 3.08. The predicted octanol–water partition coefficient (Wildman–Crippen LogP) is 2.83. The van der Waals surface area contributed by atoms with E-state index in [2.05, 4.69) is 56.2 Å². The zero-order valence-electron chi connectivity index (χ0n) is 14.6. The molecule has 4 rings (SSSR count). The number of anilines is 3. The van der Waals surface area contributed by atoms with Gasteiger partial charge < -0.3 is 15.1 Å². The quantitative estimate of drug-likeness (QED) is 0.795. The number of hydrogen-bond donors (Lipinski definition) is 1. The van der Waals surface area contributed by atoms with Crippen molar-refractivity contribution in [2.24, 2.45) is 0 Å². The molecule has 1 aliphatic rings. The average Bonchev–Trinajstić information content (AvgIpc) is 2.64. The molecule has 1 N–H and O–H groups in total. The van der Waals surface area contributed by atoms with Gasteiger partial charge in [0.1, 0.15) is 5.82 Å². The van der Waals surface area contributed by atoms with Crippen molar-refractivity contribution in [3.8, 4) is 0 Å². The van der Waals surface area contributed by atoms with E-state index in [0.29, 0.717) is 5.95 Å². The second-order valence-electron chi connectivity index (χ2n) is 6.53. The number of aromatic nitrogens is 3. The summed E-state index contributed by atoms with van der Waals surface area (Å²) in [7, 11) is 2.16. The molecule has 0 spiro atoms. The molecule has 0 unspecified atom stereocenters. The van der Waals surface area contributed by atoms with Crippen LogP contribution in [0.1, 0.15) is 5.56 Å². The summed E-state index contributed by atoms with van der Waals surface area (Å²) in [6, 6.07) is 10.2. The Labute approximate surface area is 147 Å². The highest BCUT2D eigenvalue weighted by atomic mass is 15.3. The number of piperazine rings is 1. The van der Waals surface area contributed by atoms with Crippen LogP contribution in [-0.4, -0.2) is 53.1 Å². The molecular formula is C19H22N6. The minimum absolute atomic E-state index is 0.593. The van der Waals surface area contributed by atoms with E-state index in [9.17, 15) is 0 Å². The highest BCUT2D eigenvalue weighted by molar-refractivity contribution is 5.82. The number of fused-ring (bicyclic) bond motifs is 1. The van der Waals surface area contributed by atoms with Gasteiger partial charge in [0, 0.05) is 37.8 Å². The Hall–Kier alpha value is -2.73. The first kappa shape index (κ1) is 15.8. The van der Waals surface area contributed by atoms with Gasteiger partial charge in [0.2, 0.25) is 5.95 Å². The highest BCUT2D eigenvalue weighted by Gasteiger charge is 2.15. The van der Waals surface area contributed by atoms with Crippen molar-refractivity contribution in [2.45, 2.75) is 6.92 Å². The van der Waals surface area contributed by atoms with Gasteiger partial charge in [-0.15, -0.1) is 0 Å². The van der Waals surface area contributed by atoms with Crippen molar-refractivity contribution < 1.29 is 0 Å². The predicted molar refractivity (Wildman–Crippen MR) is 102 cm³/mol. The second-order valence-corrected chi connectivity index (χ2v) is 6.53. The number of benzene rings is 1. The van der Waals surface area contributed by atoms with Crippen molar-refractivity contribution in [3.05, 3.63) is 48.3 Å². The Kier molecular flexibility index (Phi) is 4.19. The van der Waals surface area contributed by atoms with E-state index >= 15 is 0 Å². The van der Waals surface area contributed by atoms with Gasteiger partial charge in [0.25, 0.3) is 0 Å². The van der Waals surface area contributed by atoms with Gasteiger partial charge in [-0.25, -0.2) is 15.0 Å². The lowest BCUT2D eigenvalue weighted by Gasteiger charge is -2.33. The average molecular weight is 334 g/mol. The van der Waals surface area contributed by atoms with Crippen molar-refractivity contribution in [3.63, 3.8) is 0 Å². The monoisotopic (exact) mass is 334 g/mol. The van der Waals surface area contributed by atoms with Crippen LogP contribution in [0.4, 0.5) is 17.5 Å². The summed E-state index contributed by atoms with van der Waals surface area (Å²) < 4.78 is 0. The summed E-state index contributed by atoms with van der Waals surface area (Å²) >= 11 is 0. The molecule has 0 saturated carbocycles. The standard InChI is InChI=1S/C19H22N6/c1-14-4-3-5-15-12-21-19(23-18(14)15)22-16-6-7-17(20-13-16)25-10-8-24(2)9-11-25/h3-7,12-13H,8-11H2,1-2H3,(H,21,22,23). The highest BCUT2D eigenvalue weighted by Crippen LogP contribution is 2.20. The van der Waals surface area contributed by atoms with Gasteiger partial charge in [-0.2, -0.15) is 0 Å². The van der Waals surface area contributed by atoms with Crippen molar-refractivity contribution in [2.75, 3.05) is 43.4 Å². The summed E-state index contributed by atoms with van der Waals surface area (Å²) in [4.78, 5) is 18.3. The molecule has 128 valence electrons. The van der Waals surface area contributed by atoms with Crippen molar-refractivity contribution >= 4 is 28.4 Å². The number of para-hydroxylation sites is 1. The maximum Gasteiger partial charge on any atom is 0.227 e. The van der Waals surface area contributed by atoms with Crippen LogP contribution >= 0.6 is 0 Å². The fourth-order valence-electron chi connectivity index (χ4n) is 3.08. The third-order valence-corrected chi connectivity index (χ3v) is 4.64. The van der Waals surface area contributed by atoms with Crippen LogP contribution in [0, 0.1) is 6.92 Å². The van der Waals surface area contributed by atoms with Gasteiger partial charge in [-0.05, 0) is 31.7 Å². The molecule has 0 amide bonds. The topological polar surface area (TPSA) is 57.2 Å². The lowest BCUT2D eigenvalue weighted by molar-refractivity contribution is 0.312. The molecule has 0 atom stereocenters. The smallest absolute Gasteiger partial charge is 0.227 e. The zero-order valence-corrected chi connectivity index (χ0v) is 14.6. The largest absolute Gasteiger partial charge is 0.354 e. The Balaban J connectivity index is 1.50. The first-order valence-corrected chi connectivity index (χ1v) is 8.58. The molecule has 6 heteroatoms. The summed E-state index contributed by atoms with van der Waals surface area (Å²) in [5.74, 6) is 1.62. The molecule has 1 aromatic carbocycles. The molecule has 3 heterocycles. The van der Waals surface area contributed by atoms with Crippen molar-refractivity contribution in [1.29, 1.82) is 0 Å². The SMILES string of the molecule is Cc1cccc2cnc(Nc3ccc(N4CCN(C)CC4)nc3)nc12. The van der Waals surface area contributed by atoms with Crippen LogP contribution in [0.25, 0.3) is 10.9 Å². The number of nitrogens with one attached hydrogen (secondary N) is 1. The zero-order chi connectivity index (χ0) is 17.2. The molecule has 0 bridgehead atoms. The van der Waals surface area contributed by atoms with Gasteiger partial charge in [0.15, 0.2) is 0 Å². The molecule has 1 fully saturated rings. The van der Waals surface area contributed by atoms with Crippen molar-refractivity contribution in [1.82, 2.24) is 19.9 Å². The van der Waals surface area contributed by atoms with Crippen LogP contribution in [0.15, 0.2) is 42.7 Å². The number of pyridine rings is 1. The Morgan fingerprint density at radius 1 is 0.960 bits per heavy atom. The maximum atomic E-state index is 4.62. The van der Waals surface area contributed by atoms with E-state index in [4.69, 9.17) is 0 Å². The van der Waals surface area contributed by atoms with E-state index in [1.54, 1.807) is 0 Å². The Morgan fingerprint density at radius 3 is 2.56 bits per heavy atom.